The molecule has 0 fully saturated rings. The van der Waals surface area contributed by atoms with E-state index >= 15 is 0 Å². The van der Waals surface area contributed by atoms with Gasteiger partial charge in [-0.15, -0.1) is 0 Å². The molecule has 1 aromatic rings. The third kappa shape index (κ3) is 3.53. The first-order valence-electron chi connectivity index (χ1n) is 6.18. The molecule has 0 aliphatic carbocycles. The third-order valence-electron chi connectivity index (χ3n) is 3.09. The molecule has 0 bridgehead atoms. The Hall–Kier alpha value is -1.02. The Morgan fingerprint density at radius 2 is 2.06 bits per heavy atom. The van der Waals surface area contributed by atoms with Crippen molar-refractivity contribution in [3.05, 3.63) is 29.3 Å². The Morgan fingerprint density at radius 1 is 1.31 bits per heavy atom. The molecule has 0 saturated carbocycles. The number of nitrogens with two attached hydrogens (primary N) is 1. The molecule has 1 rings (SSSR count). The molecule has 2 heteroatoms. The van der Waals surface area contributed by atoms with Crippen LogP contribution >= 0.6 is 0 Å². The number of phenols is 1. The predicted molar refractivity (Wildman–Crippen MR) is 68.8 cm³/mol. The fraction of sp³-hybridized carbons (Fsp3) is 0.571. The summed E-state index contributed by atoms with van der Waals surface area (Å²) in [4.78, 5) is 0. The highest BCUT2D eigenvalue weighted by Crippen LogP contribution is 2.30. The smallest absolute Gasteiger partial charge is 0.115 e. The highest BCUT2D eigenvalue weighted by Gasteiger charge is 2.12. The number of aryl methyl sites for hydroxylation is 1. The second-order valence-corrected chi connectivity index (χ2v) is 4.46. The van der Waals surface area contributed by atoms with Crippen molar-refractivity contribution in [2.24, 2.45) is 5.73 Å². The van der Waals surface area contributed by atoms with Crippen LogP contribution in [-0.2, 0) is 0 Å². The van der Waals surface area contributed by atoms with Gasteiger partial charge in [0.2, 0.25) is 0 Å². The first-order valence-corrected chi connectivity index (χ1v) is 6.18. The maximum absolute atomic E-state index is 9.41. The maximum atomic E-state index is 9.41. The molecular weight excluding hydrogens is 198 g/mol. The van der Waals surface area contributed by atoms with Gasteiger partial charge in [0.15, 0.2) is 0 Å². The molecule has 16 heavy (non-hydrogen) atoms. The van der Waals surface area contributed by atoms with E-state index in [9.17, 15) is 5.11 Å². The lowest BCUT2D eigenvalue weighted by molar-refractivity contribution is 0.473. The van der Waals surface area contributed by atoms with Gasteiger partial charge in [-0.2, -0.15) is 0 Å². The van der Waals surface area contributed by atoms with E-state index in [1.54, 1.807) is 6.07 Å². The van der Waals surface area contributed by atoms with E-state index in [4.69, 9.17) is 5.73 Å². The van der Waals surface area contributed by atoms with Crippen LogP contribution in [0.25, 0.3) is 0 Å². The van der Waals surface area contributed by atoms with Gasteiger partial charge in [0.05, 0.1) is 0 Å². The molecule has 0 spiro atoms. The lowest BCUT2D eigenvalue weighted by Crippen LogP contribution is -2.05. The standard InChI is InChI=1S/C14H23NO/c1-3-5-12(6-4-9-15)14-8-7-13(16)10-11(14)2/h7-8,10,12,16H,3-6,9,15H2,1-2H3. The Morgan fingerprint density at radius 3 is 2.62 bits per heavy atom. The average Bonchev–Trinajstić information content (AvgIpc) is 2.25. The van der Waals surface area contributed by atoms with E-state index in [0.29, 0.717) is 11.7 Å². The second-order valence-electron chi connectivity index (χ2n) is 4.46. The van der Waals surface area contributed by atoms with E-state index in [2.05, 4.69) is 19.9 Å². The highest BCUT2D eigenvalue weighted by molar-refractivity contribution is 5.36. The molecule has 0 aliphatic heterocycles. The molecule has 0 amide bonds. The summed E-state index contributed by atoms with van der Waals surface area (Å²) in [5.41, 5.74) is 8.13. The van der Waals surface area contributed by atoms with Crippen molar-refractivity contribution >= 4 is 0 Å². The van der Waals surface area contributed by atoms with Crippen LogP contribution in [-0.4, -0.2) is 11.7 Å². The number of hydrogen-bond acceptors (Lipinski definition) is 2. The van der Waals surface area contributed by atoms with Crippen LogP contribution in [0, 0.1) is 6.92 Å². The van der Waals surface area contributed by atoms with Gasteiger partial charge in [0.1, 0.15) is 5.75 Å². The Balaban J connectivity index is 2.82. The van der Waals surface area contributed by atoms with Crippen molar-refractivity contribution in [3.63, 3.8) is 0 Å². The lowest BCUT2D eigenvalue weighted by atomic mass is 9.87. The van der Waals surface area contributed by atoms with Crippen molar-refractivity contribution < 1.29 is 5.11 Å². The number of phenolic OH excluding ortho intramolecular Hbond substituents is 1. The summed E-state index contributed by atoms with van der Waals surface area (Å²) in [6.45, 7) is 5.04. The average molecular weight is 221 g/mol. The summed E-state index contributed by atoms with van der Waals surface area (Å²) in [6.07, 6.45) is 4.61. The third-order valence-corrected chi connectivity index (χ3v) is 3.09. The molecule has 0 aliphatic rings. The van der Waals surface area contributed by atoms with Crippen molar-refractivity contribution in [2.45, 2.75) is 45.4 Å². The summed E-state index contributed by atoms with van der Waals surface area (Å²) >= 11 is 0. The maximum Gasteiger partial charge on any atom is 0.115 e. The van der Waals surface area contributed by atoms with Crippen molar-refractivity contribution in [1.29, 1.82) is 0 Å². The zero-order valence-electron chi connectivity index (χ0n) is 10.4. The molecule has 90 valence electrons. The van der Waals surface area contributed by atoms with Crippen molar-refractivity contribution in [1.82, 2.24) is 0 Å². The monoisotopic (exact) mass is 221 g/mol. The zero-order valence-corrected chi connectivity index (χ0v) is 10.4. The molecule has 0 heterocycles. The zero-order chi connectivity index (χ0) is 12.0. The van der Waals surface area contributed by atoms with E-state index in [-0.39, 0.29) is 0 Å². The Kier molecular flexibility index (Phi) is 5.33. The van der Waals surface area contributed by atoms with Gasteiger partial charge < -0.3 is 10.8 Å². The van der Waals surface area contributed by atoms with Crippen molar-refractivity contribution in [2.75, 3.05) is 6.54 Å². The van der Waals surface area contributed by atoms with Crippen LogP contribution in [0.4, 0.5) is 0 Å². The van der Waals surface area contributed by atoms with Crippen LogP contribution in [0.5, 0.6) is 5.75 Å². The Labute approximate surface area is 98.5 Å². The van der Waals surface area contributed by atoms with Crippen molar-refractivity contribution in [3.8, 4) is 5.75 Å². The minimum Gasteiger partial charge on any atom is -0.508 e. The summed E-state index contributed by atoms with van der Waals surface area (Å²) in [6, 6.07) is 5.69. The van der Waals surface area contributed by atoms with E-state index in [1.807, 2.05) is 6.07 Å². The highest BCUT2D eigenvalue weighted by atomic mass is 16.3. The minimum atomic E-state index is 0.357. The number of benzene rings is 1. The molecule has 3 N–H and O–H groups in total. The molecule has 0 aromatic heterocycles. The van der Waals surface area contributed by atoms with Gasteiger partial charge in [-0.3, -0.25) is 0 Å². The summed E-state index contributed by atoms with van der Waals surface area (Å²) in [5, 5.41) is 9.41. The molecular formula is C14H23NO. The van der Waals surface area contributed by atoms with Crippen LogP contribution < -0.4 is 5.73 Å². The van der Waals surface area contributed by atoms with Crippen LogP contribution in [0.2, 0.25) is 0 Å². The lowest BCUT2D eigenvalue weighted by Gasteiger charge is -2.18. The molecule has 0 saturated heterocycles. The first-order chi connectivity index (χ1) is 7.69. The largest absolute Gasteiger partial charge is 0.508 e. The Bertz CT molecular complexity index is 323. The normalized spacial score (nSPS) is 12.7. The SMILES string of the molecule is CCCC(CCCN)c1ccc(O)cc1C. The fourth-order valence-corrected chi connectivity index (χ4v) is 2.29. The molecule has 1 unspecified atom stereocenters. The first kappa shape index (κ1) is 13.0. The second kappa shape index (κ2) is 6.54. The molecule has 1 atom stereocenters. The molecule has 2 nitrogen and oxygen atoms in total. The fourth-order valence-electron chi connectivity index (χ4n) is 2.29. The van der Waals surface area contributed by atoms with Gasteiger partial charge >= 0.3 is 0 Å². The van der Waals surface area contributed by atoms with Gasteiger partial charge in [0, 0.05) is 0 Å². The van der Waals surface area contributed by atoms with E-state index in [1.165, 1.54) is 24.0 Å². The van der Waals surface area contributed by atoms with Gasteiger partial charge in [-0.05, 0) is 61.9 Å². The van der Waals surface area contributed by atoms with Crippen LogP contribution in [0.1, 0.15) is 49.7 Å². The minimum absolute atomic E-state index is 0.357. The summed E-state index contributed by atoms with van der Waals surface area (Å²) < 4.78 is 0. The van der Waals surface area contributed by atoms with Gasteiger partial charge in [0.25, 0.3) is 0 Å². The predicted octanol–water partition coefficient (Wildman–Crippen LogP) is 3.32. The summed E-state index contributed by atoms with van der Waals surface area (Å²) in [7, 11) is 0. The van der Waals surface area contributed by atoms with Gasteiger partial charge in [-0.25, -0.2) is 0 Å². The molecule has 0 radical (unpaired) electrons. The number of aromatic hydroxyl groups is 1. The quantitative estimate of drug-likeness (QED) is 0.774. The van der Waals surface area contributed by atoms with E-state index < -0.39 is 0 Å². The van der Waals surface area contributed by atoms with E-state index in [0.717, 1.165) is 19.4 Å². The summed E-state index contributed by atoms with van der Waals surface area (Å²) in [5.74, 6) is 0.949. The topological polar surface area (TPSA) is 46.2 Å². The van der Waals surface area contributed by atoms with Gasteiger partial charge in [-0.1, -0.05) is 19.4 Å². The number of hydrogen-bond donors (Lipinski definition) is 2. The van der Waals surface area contributed by atoms with Crippen LogP contribution in [0.15, 0.2) is 18.2 Å². The molecule has 1 aromatic carbocycles. The number of rotatable bonds is 6. The van der Waals surface area contributed by atoms with Crippen LogP contribution in [0.3, 0.4) is 0 Å².